The number of carbonyl (C=O) groups is 1. The molecule has 1 atom stereocenters. The Balaban J connectivity index is 1.44. The van der Waals surface area contributed by atoms with Gasteiger partial charge in [-0.3, -0.25) is 13.9 Å². The minimum Gasteiger partial charge on any atom is -0.457 e. The molecule has 4 aromatic rings. The fourth-order valence-electron chi connectivity index (χ4n) is 4.96. The molecule has 210 valence electrons. The number of nitrogens with two attached hydrogens (primary N) is 1. The normalized spacial score (nSPS) is 15.4. The van der Waals surface area contributed by atoms with E-state index in [0.717, 1.165) is 0 Å². The zero-order valence-corrected chi connectivity index (χ0v) is 23.2. The third-order valence-electron chi connectivity index (χ3n) is 6.96. The molecule has 3 heterocycles. The highest BCUT2D eigenvalue weighted by molar-refractivity contribution is 5.98. The maximum absolute atomic E-state index is 13.8. The van der Waals surface area contributed by atoms with Gasteiger partial charge in [0.05, 0.1) is 17.3 Å². The fraction of sp³-hybridized carbons (Fsp3) is 0.300. The fourth-order valence-corrected chi connectivity index (χ4v) is 4.96. The monoisotopic (exact) mass is 553 g/mol. The third-order valence-corrected chi connectivity index (χ3v) is 6.96. The Bertz CT molecular complexity index is 1700. The molecule has 0 radical (unpaired) electrons. The smallest absolute Gasteiger partial charge is 0.335 e. The van der Waals surface area contributed by atoms with E-state index < -0.39 is 11.5 Å². The van der Waals surface area contributed by atoms with Crippen LogP contribution in [0.2, 0.25) is 0 Å². The number of carbonyl (C=O) groups excluding carboxylic acids is 1. The van der Waals surface area contributed by atoms with Gasteiger partial charge < -0.3 is 20.1 Å². The number of likely N-dealkylation sites (tertiary alicyclic amines) is 1. The maximum Gasteiger partial charge on any atom is 0.335 e. The summed E-state index contributed by atoms with van der Waals surface area (Å²) >= 11 is 0. The van der Waals surface area contributed by atoms with Crippen LogP contribution >= 0.6 is 0 Å². The number of amides is 1. The number of nitriles is 1. The Hall–Kier alpha value is -4.95. The summed E-state index contributed by atoms with van der Waals surface area (Å²) in [5.41, 5.74) is 6.41. The molecule has 11 heteroatoms. The van der Waals surface area contributed by atoms with E-state index in [0.29, 0.717) is 47.9 Å². The summed E-state index contributed by atoms with van der Waals surface area (Å²) in [6.45, 7) is 6.56. The van der Waals surface area contributed by atoms with Crippen molar-refractivity contribution >= 4 is 22.9 Å². The summed E-state index contributed by atoms with van der Waals surface area (Å²) in [5, 5.41) is 9.70. The SMILES string of the molecule is CCOC(C)(C)/C=C(/C#N)C(=O)N1CC[C@H]1Cn1c(=O)n(-c2ccc(Oc3ccccc3)cc2)c2c(N)ncnc21. The zero-order valence-electron chi connectivity index (χ0n) is 23.2. The van der Waals surface area contributed by atoms with Crippen LogP contribution in [0.5, 0.6) is 11.5 Å². The lowest BCUT2D eigenvalue weighted by atomic mass is 9.99. The lowest BCUT2D eigenvalue weighted by Crippen LogP contribution is -2.54. The van der Waals surface area contributed by atoms with Gasteiger partial charge in [-0.25, -0.2) is 14.8 Å². The number of aromatic nitrogens is 4. The number of ether oxygens (including phenoxy) is 2. The van der Waals surface area contributed by atoms with E-state index in [4.69, 9.17) is 15.2 Å². The predicted molar refractivity (Wildman–Crippen MR) is 154 cm³/mol. The molecule has 1 aliphatic heterocycles. The number of nitrogens with zero attached hydrogens (tertiary/aromatic N) is 6. The first-order valence-corrected chi connectivity index (χ1v) is 13.4. The number of imidazole rings is 1. The van der Waals surface area contributed by atoms with Gasteiger partial charge in [-0.05, 0) is 69.7 Å². The van der Waals surface area contributed by atoms with Crippen molar-refractivity contribution in [2.75, 3.05) is 18.9 Å². The standard InChI is InChI=1S/C30H31N7O4/c1-4-40-30(2,3)16-20(17-31)28(38)35-15-14-22(35)18-36-27-25(26(32)33-19-34-27)37(29(36)39)21-10-12-24(13-11-21)41-23-8-6-5-7-9-23/h5-13,16,19,22H,4,14-15,18H2,1-3H3,(H2,32,33,34)/b20-16-/t22-/m0/s1. The number of fused-ring (bicyclic) bond motifs is 1. The van der Waals surface area contributed by atoms with Gasteiger partial charge in [-0.1, -0.05) is 18.2 Å². The van der Waals surface area contributed by atoms with Crippen molar-refractivity contribution in [1.29, 1.82) is 5.26 Å². The van der Waals surface area contributed by atoms with Gasteiger partial charge in [-0.2, -0.15) is 5.26 Å². The van der Waals surface area contributed by atoms with Crippen LogP contribution in [-0.4, -0.2) is 54.7 Å². The zero-order chi connectivity index (χ0) is 29.1. The molecule has 1 aliphatic rings. The summed E-state index contributed by atoms with van der Waals surface area (Å²) < 4.78 is 14.5. The second-order valence-corrected chi connectivity index (χ2v) is 10.2. The van der Waals surface area contributed by atoms with Crippen LogP contribution in [0.4, 0.5) is 5.82 Å². The molecule has 1 saturated heterocycles. The molecule has 2 aromatic heterocycles. The number of para-hydroxylation sites is 1. The first-order chi connectivity index (χ1) is 19.7. The van der Waals surface area contributed by atoms with Crippen molar-refractivity contribution < 1.29 is 14.3 Å². The third kappa shape index (κ3) is 5.55. The van der Waals surface area contributed by atoms with Gasteiger partial charge in [0.2, 0.25) is 0 Å². The quantitative estimate of drug-likeness (QED) is 0.244. The van der Waals surface area contributed by atoms with E-state index in [1.165, 1.54) is 15.5 Å². The van der Waals surface area contributed by atoms with Crippen LogP contribution in [0, 0.1) is 11.3 Å². The number of rotatable bonds is 9. The Morgan fingerprint density at radius 3 is 2.49 bits per heavy atom. The second kappa shape index (κ2) is 11.3. The second-order valence-electron chi connectivity index (χ2n) is 10.2. The summed E-state index contributed by atoms with van der Waals surface area (Å²) in [5.74, 6) is 1.07. The van der Waals surface area contributed by atoms with Gasteiger partial charge >= 0.3 is 5.69 Å². The van der Waals surface area contributed by atoms with Crippen LogP contribution < -0.4 is 16.2 Å². The van der Waals surface area contributed by atoms with Crippen LogP contribution in [0.1, 0.15) is 27.2 Å². The van der Waals surface area contributed by atoms with Crippen molar-refractivity contribution in [1.82, 2.24) is 24.0 Å². The van der Waals surface area contributed by atoms with Crippen LogP contribution in [-0.2, 0) is 16.1 Å². The summed E-state index contributed by atoms with van der Waals surface area (Å²) in [7, 11) is 0. The molecule has 5 rings (SSSR count). The van der Waals surface area contributed by atoms with Crippen LogP contribution in [0.3, 0.4) is 0 Å². The molecule has 41 heavy (non-hydrogen) atoms. The number of hydrogen-bond acceptors (Lipinski definition) is 8. The van der Waals surface area contributed by atoms with Crippen LogP contribution in [0.25, 0.3) is 16.9 Å². The Morgan fingerprint density at radius 1 is 1.15 bits per heavy atom. The molecular weight excluding hydrogens is 522 g/mol. The molecule has 1 amide bonds. The van der Waals surface area contributed by atoms with Crippen molar-refractivity contribution in [3.63, 3.8) is 0 Å². The largest absolute Gasteiger partial charge is 0.457 e. The molecule has 11 nitrogen and oxygen atoms in total. The average molecular weight is 554 g/mol. The highest BCUT2D eigenvalue weighted by Gasteiger charge is 2.36. The Kier molecular flexibility index (Phi) is 7.59. The molecule has 2 N–H and O–H groups in total. The Morgan fingerprint density at radius 2 is 1.85 bits per heavy atom. The topological polar surface area (TPSA) is 141 Å². The summed E-state index contributed by atoms with van der Waals surface area (Å²) in [6.07, 6.45) is 3.53. The van der Waals surface area contributed by atoms with Gasteiger partial charge in [0.25, 0.3) is 5.91 Å². The van der Waals surface area contributed by atoms with E-state index in [-0.39, 0.29) is 29.7 Å². The van der Waals surface area contributed by atoms with Gasteiger partial charge in [0.1, 0.15) is 35.0 Å². The van der Waals surface area contributed by atoms with Crippen molar-refractivity contribution in [3.8, 4) is 23.3 Å². The Labute approximate surface area is 237 Å². The van der Waals surface area contributed by atoms with Gasteiger partial charge in [-0.15, -0.1) is 0 Å². The first-order valence-electron chi connectivity index (χ1n) is 13.4. The van der Waals surface area contributed by atoms with Crippen molar-refractivity contribution in [3.05, 3.63) is 83.1 Å². The molecule has 1 fully saturated rings. The molecule has 0 aliphatic carbocycles. The van der Waals surface area contributed by atoms with E-state index in [2.05, 4.69) is 9.97 Å². The van der Waals surface area contributed by atoms with E-state index in [9.17, 15) is 14.9 Å². The number of hydrogen-bond donors (Lipinski definition) is 1. The lowest BCUT2D eigenvalue weighted by Gasteiger charge is -2.41. The highest BCUT2D eigenvalue weighted by Crippen LogP contribution is 2.27. The first kappa shape index (κ1) is 27.6. The summed E-state index contributed by atoms with van der Waals surface area (Å²) in [6, 6.07) is 18.2. The van der Waals surface area contributed by atoms with Gasteiger partial charge in [0.15, 0.2) is 11.5 Å². The van der Waals surface area contributed by atoms with E-state index >= 15 is 0 Å². The average Bonchev–Trinajstić information content (AvgIpc) is 3.22. The highest BCUT2D eigenvalue weighted by atomic mass is 16.5. The number of nitrogen functional groups attached to an aromatic ring is 1. The molecule has 0 bridgehead atoms. The number of benzene rings is 2. The minimum atomic E-state index is -0.768. The molecule has 0 spiro atoms. The maximum atomic E-state index is 13.8. The van der Waals surface area contributed by atoms with E-state index in [1.807, 2.05) is 43.3 Å². The predicted octanol–water partition coefficient (Wildman–Crippen LogP) is 3.82. The van der Waals surface area contributed by atoms with Crippen molar-refractivity contribution in [2.45, 2.75) is 45.4 Å². The molecule has 2 aromatic carbocycles. The van der Waals surface area contributed by atoms with Gasteiger partial charge in [0, 0.05) is 19.7 Å². The van der Waals surface area contributed by atoms with E-state index in [1.54, 1.807) is 49.1 Å². The van der Waals surface area contributed by atoms with Crippen molar-refractivity contribution in [2.24, 2.45) is 0 Å². The number of anilines is 1. The minimum absolute atomic E-state index is 0.00676. The summed E-state index contributed by atoms with van der Waals surface area (Å²) in [4.78, 5) is 37.1. The lowest BCUT2D eigenvalue weighted by molar-refractivity contribution is -0.134. The molecular formula is C30H31N7O4. The molecule has 0 unspecified atom stereocenters. The van der Waals surface area contributed by atoms with Crippen LogP contribution in [0.15, 0.2) is 77.4 Å². The molecule has 0 saturated carbocycles.